The van der Waals surface area contributed by atoms with Crippen LogP contribution in [0.2, 0.25) is 0 Å². The van der Waals surface area contributed by atoms with E-state index < -0.39 is 0 Å². The number of amides is 2. The Bertz CT molecular complexity index is 1120. The van der Waals surface area contributed by atoms with Crippen LogP contribution in [0.4, 0.5) is 11.4 Å². The summed E-state index contributed by atoms with van der Waals surface area (Å²) in [4.78, 5) is 26.4. The zero-order chi connectivity index (χ0) is 21.2. The Hall–Kier alpha value is -3.48. The Labute approximate surface area is 181 Å². The molecule has 2 aliphatic rings. The summed E-state index contributed by atoms with van der Waals surface area (Å²) in [7, 11) is 0. The number of benzene rings is 2. The predicted molar refractivity (Wildman–Crippen MR) is 119 cm³/mol. The quantitative estimate of drug-likeness (QED) is 0.697. The summed E-state index contributed by atoms with van der Waals surface area (Å²) in [5.74, 6) is 1.85. The van der Waals surface area contributed by atoms with Crippen LogP contribution in [0.15, 0.2) is 48.5 Å². The Balaban J connectivity index is 1.32. The number of rotatable bonds is 4. The summed E-state index contributed by atoms with van der Waals surface area (Å²) in [6.45, 7) is 1.67. The van der Waals surface area contributed by atoms with Crippen LogP contribution in [0, 0.1) is 0 Å². The van der Waals surface area contributed by atoms with Crippen molar-refractivity contribution in [1.82, 2.24) is 14.8 Å². The molecule has 3 heterocycles. The van der Waals surface area contributed by atoms with Crippen LogP contribution < -0.4 is 10.2 Å². The van der Waals surface area contributed by atoms with Crippen LogP contribution in [-0.2, 0) is 17.8 Å². The largest absolute Gasteiger partial charge is 0.322 e. The second kappa shape index (κ2) is 8.34. The van der Waals surface area contributed by atoms with E-state index in [0.717, 1.165) is 61.7 Å². The van der Waals surface area contributed by atoms with Gasteiger partial charge in [0, 0.05) is 48.4 Å². The molecule has 0 atom stereocenters. The molecule has 31 heavy (non-hydrogen) atoms. The standard InChI is InChI=1S/C24H25N5O2/c30-22-9-5-15-28(22)20-12-10-17(11-13-20)24(31)25-19-7-4-6-18(16-19)23-27-26-21-8-2-1-3-14-29(21)23/h4,6-7,10-13,16H,1-3,5,8-9,14-15H2,(H,25,31). The van der Waals surface area contributed by atoms with Crippen LogP contribution >= 0.6 is 0 Å². The Morgan fingerprint density at radius 1 is 0.903 bits per heavy atom. The highest BCUT2D eigenvalue weighted by Gasteiger charge is 2.22. The van der Waals surface area contributed by atoms with Crippen LogP contribution in [-0.4, -0.2) is 33.1 Å². The number of aryl methyl sites for hydroxylation is 1. The van der Waals surface area contributed by atoms with Gasteiger partial charge in [-0.25, -0.2) is 0 Å². The highest BCUT2D eigenvalue weighted by molar-refractivity contribution is 6.05. The molecule has 1 aromatic heterocycles. The lowest BCUT2D eigenvalue weighted by Gasteiger charge is -2.16. The molecule has 7 heteroatoms. The molecule has 3 aromatic rings. The van der Waals surface area contributed by atoms with E-state index >= 15 is 0 Å². The van der Waals surface area contributed by atoms with Crippen LogP contribution in [0.3, 0.4) is 0 Å². The van der Waals surface area contributed by atoms with Crippen molar-refractivity contribution in [2.75, 3.05) is 16.8 Å². The molecule has 1 fully saturated rings. The van der Waals surface area contributed by atoms with Crippen LogP contribution in [0.5, 0.6) is 0 Å². The van der Waals surface area contributed by atoms with Crippen molar-refractivity contribution in [1.29, 1.82) is 0 Å². The Morgan fingerprint density at radius 2 is 1.77 bits per heavy atom. The Morgan fingerprint density at radius 3 is 2.58 bits per heavy atom. The van der Waals surface area contributed by atoms with Crippen molar-refractivity contribution in [3.8, 4) is 11.4 Å². The molecule has 2 aromatic carbocycles. The van der Waals surface area contributed by atoms with Gasteiger partial charge in [-0.2, -0.15) is 0 Å². The fourth-order valence-corrected chi connectivity index (χ4v) is 4.35. The molecule has 1 N–H and O–H groups in total. The maximum Gasteiger partial charge on any atom is 0.255 e. The molecule has 7 nitrogen and oxygen atoms in total. The lowest BCUT2D eigenvalue weighted by molar-refractivity contribution is -0.117. The first-order valence-electron chi connectivity index (χ1n) is 10.9. The first kappa shape index (κ1) is 19.5. The fourth-order valence-electron chi connectivity index (χ4n) is 4.35. The van der Waals surface area contributed by atoms with Crippen molar-refractivity contribution >= 4 is 23.2 Å². The van der Waals surface area contributed by atoms with Crippen LogP contribution in [0.1, 0.15) is 48.3 Å². The number of nitrogens with one attached hydrogen (secondary N) is 1. The summed E-state index contributed by atoms with van der Waals surface area (Å²) in [5, 5.41) is 11.8. The van der Waals surface area contributed by atoms with Gasteiger partial charge in [0.1, 0.15) is 5.82 Å². The fraction of sp³-hybridized carbons (Fsp3) is 0.333. The third-order valence-corrected chi connectivity index (χ3v) is 6.00. The van der Waals surface area contributed by atoms with Crippen molar-refractivity contribution in [3.63, 3.8) is 0 Å². The van der Waals surface area contributed by atoms with Gasteiger partial charge in [-0.05, 0) is 55.7 Å². The third kappa shape index (κ3) is 3.95. The second-order valence-corrected chi connectivity index (χ2v) is 8.13. The molecule has 2 aliphatic heterocycles. The Kier molecular flexibility index (Phi) is 5.24. The molecule has 158 valence electrons. The average Bonchev–Trinajstić information content (AvgIpc) is 3.33. The van der Waals surface area contributed by atoms with E-state index in [2.05, 4.69) is 20.1 Å². The molecule has 5 rings (SSSR count). The van der Waals surface area contributed by atoms with E-state index in [1.54, 1.807) is 17.0 Å². The van der Waals surface area contributed by atoms with Gasteiger partial charge in [-0.3, -0.25) is 9.59 Å². The van der Waals surface area contributed by atoms with E-state index in [0.29, 0.717) is 17.7 Å². The highest BCUT2D eigenvalue weighted by Crippen LogP contribution is 2.26. The van der Waals surface area contributed by atoms with E-state index in [1.807, 2.05) is 36.4 Å². The summed E-state index contributed by atoms with van der Waals surface area (Å²) in [5.41, 5.74) is 3.05. The number of hydrogen-bond acceptors (Lipinski definition) is 4. The van der Waals surface area contributed by atoms with Crippen molar-refractivity contribution in [3.05, 3.63) is 59.9 Å². The van der Waals surface area contributed by atoms with Crippen molar-refractivity contribution in [2.24, 2.45) is 0 Å². The first-order chi connectivity index (χ1) is 15.2. The number of carbonyl (C=O) groups excluding carboxylic acids is 2. The molecule has 1 saturated heterocycles. The molecule has 0 bridgehead atoms. The number of nitrogens with zero attached hydrogens (tertiary/aromatic N) is 4. The smallest absolute Gasteiger partial charge is 0.255 e. The van der Waals surface area contributed by atoms with Gasteiger partial charge < -0.3 is 14.8 Å². The number of fused-ring (bicyclic) bond motifs is 1. The minimum absolute atomic E-state index is 0.139. The van der Waals surface area contributed by atoms with Gasteiger partial charge in [-0.15, -0.1) is 10.2 Å². The first-order valence-corrected chi connectivity index (χ1v) is 10.9. The molecule has 0 aliphatic carbocycles. The summed E-state index contributed by atoms with van der Waals surface area (Å²) >= 11 is 0. The molecule has 0 unspecified atom stereocenters. The van der Waals surface area contributed by atoms with E-state index in [4.69, 9.17) is 0 Å². The van der Waals surface area contributed by atoms with Crippen LogP contribution in [0.25, 0.3) is 11.4 Å². The zero-order valence-corrected chi connectivity index (χ0v) is 17.4. The maximum absolute atomic E-state index is 12.8. The lowest BCUT2D eigenvalue weighted by Crippen LogP contribution is -2.23. The number of hydrogen-bond donors (Lipinski definition) is 1. The van der Waals surface area contributed by atoms with Gasteiger partial charge >= 0.3 is 0 Å². The van der Waals surface area contributed by atoms with Crippen molar-refractivity contribution < 1.29 is 9.59 Å². The molecule has 0 radical (unpaired) electrons. The summed E-state index contributed by atoms with van der Waals surface area (Å²) in [6, 6.07) is 14.9. The normalized spacial score (nSPS) is 16.1. The van der Waals surface area contributed by atoms with Gasteiger partial charge in [0.25, 0.3) is 5.91 Å². The minimum Gasteiger partial charge on any atom is -0.322 e. The maximum atomic E-state index is 12.8. The van der Waals surface area contributed by atoms with E-state index in [-0.39, 0.29) is 11.8 Å². The van der Waals surface area contributed by atoms with Gasteiger partial charge in [-0.1, -0.05) is 18.6 Å². The number of carbonyl (C=O) groups is 2. The number of aromatic nitrogens is 3. The van der Waals surface area contributed by atoms with E-state index in [1.165, 1.54) is 6.42 Å². The highest BCUT2D eigenvalue weighted by atomic mass is 16.2. The lowest BCUT2D eigenvalue weighted by atomic mass is 10.1. The van der Waals surface area contributed by atoms with Gasteiger partial charge in [0.2, 0.25) is 5.91 Å². The SMILES string of the molecule is O=C(Nc1cccc(-c2nnc3n2CCCCC3)c1)c1ccc(N2CCCC2=O)cc1. The van der Waals surface area contributed by atoms with Gasteiger partial charge in [0.05, 0.1) is 0 Å². The van der Waals surface area contributed by atoms with Crippen molar-refractivity contribution in [2.45, 2.75) is 45.1 Å². The molecular weight excluding hydrogens is 390 g/mol. The molecule has 0 spiro atoms. The third-order valence-electron chi connectivity index (χ3n) is 6.00. The predicted octanol–water partition coefficient (Wildman–Crippen LogP) is 4.05. The summed E-state index contributed by atoms with van der Waals surface area (Å²) < 4.78 is 2.20. The van der Waals surface area contributed by atoms with E-state index in [9.17, 15) is 9.59 Å². The molecule has 2 amide bonds. The number of anilines is 2. The second-order valence-electron chi connectivity index (χ2n) is 8.13. The molecule has 0 saturated carbocycles. The zero-order valence-electron chi connectivity index (χ0n) is 17.4. The monoisotopic (exact) mass is 415 g/mol. The molecular formula is C24H25N5O2. The average molecular weight is 415 g/mol. The minimum atomic E-state index is -0.184. The van der Waals surface area contributed by atoms with Gasteiger partial charge in [0.15, 0.2) is 5.82 Å². The topological polar surface area (TPSA) is 80.1 Å². The summed E-state index contributed by atoms with van der Waals surface area (Å²) in [6.07, 6.45) is 5.93.